The van der Waals surface area contributed by atoms with E-state index in [2.05, 4.69) is 53.4 Å². The maximum atomic E-state index is 12.2. The Balaban J connectivity index is 0.000000753. The van der Waals surface area contributed by atoms with Crippen LogP contribution in [0, 0.1) is 13.1 Å². The second-order valence-electron chi connectivity index (χ2n) is 15.1. The summed E-state index contributed by atoms with van der Waals surface area (Å²) in [5.74, 6) is 1.05. The number of nitrogens with zero attached hydrogens (tertiary/aromatic N) is 3. The molecule has 0 radical (unpaired) electrons. The highest BCUT2D eigenvalue weighted by Gasteiger charge is 2.37. The van der Waals surface area contributed by atoms with Crippen LogP contribution in [0.3, 0.4) is 0 Å². The third kappa shape index (κ3) is 26.1. The van der Waals surface area contributed by atoms with Gasteiger partial charge in [-0.1, -0.05) is 0 Å². The van der Waals surface area contributed by atoms with Crippen molar-refractivity contribution in [2.24, 2.45) is 0 Å². The van der Waals surface area contributed by atoms with Crippen LogP contribution in [-0.4, -0.2) is 97.0 Å². The van der Waals surface area contributed by atoms with E-state index in [1.54, 1.807) is 6.07 Å². The summed E-state index contributed by atoms with van der Waals surface area (Å²) in [7, 11) is 0. The molecule has 2 fully saturated rings. The molecule has 4 heterocycles. The molecule has 2 aliphatic heterocycles. The Labute approximate surface area is 356 Å². The van der Waals surface area contributed by atoms with Crippen LogP contribution in [0.2, 0.25) is 0 Å². The number of rotatable bonds is 7. The van der Waals surface area contributed by atoms with Gasteiger partial charge in [0.2, 0.25) is 5.95 Å². The molecule has 0 saturated carbocycles. The molecule has 14 nitrogen and oxygen atoms in total. The highest BCUT2D eigenvalue weighted by atomic mass is 127. The van der Waals surface area contributed by atoms with Crippen LogP contribution in [-0.2, 0) is 18.9 Å². The summed E-state index contributed by atoms with van der Waals surface area (Å²) in [5, 5.41) is 9.08. The number of hydrogen-bond donors (Lipinski definition) is 5. The predicted molar refractivity (Wildman–Crippen MR) is 237 cm³/mol. The Hall–Kier alpha value is -2.49. The lowest BCUT2D eigenvalue weighted by molar-refractivity contribution is 0.0460. The fraction of sp³-hybridized carbons (Fsp3) is 0.684. The van der Waals surface area contributed by atoms with E-state index in [0.29, 0.717) is 12.4 Å². The molecule has 0 spiro atoms. The average molecular weight is 1000 g/mol. The summed E-state index contributed by atoms with van der Waals surface area (Å²) in [6.07, 6.45) is 1.07. The van der Waals surface area contributed by atoms with Crippen LogP contribution < -0.4 is 32.3 Å². The molecule has 2 saturated heterocycles. The van der Waals surface area contributed by atoms with Crippen molar-refractivity contribution in [3.05, 3.63) is 37.4 Å². The van der Waals surface area contributed by atoms with Crippen molar-refractivity contribution in [3.63, 3.8) is 0 Å². The molecule has 2 aromatic heterocycles. The Morgan fingerprint density at radius 1 is 0.800 bits per heavy atom. The third-order valence-corrected chi connectivity index (χ3v) is 8.41. The van der Waals surface area contributed by atoms with Crippen LogP contribution in [0.5, 0.6) is 0 Å². The van der Waals surface area contributed by atoms with Crippen LogP contribution >= 0.6 is 45.2 Å². The molecule has 2 aliphatic rings. The minimum Gasteiger partial charge on any atom is -0.444 e. The predicted octanol–water partition coefficient (Wildman–Crippen LogP) is 7.52. The molecule has 0 unspecified atom stereocenters. The first-order chi connectivity index (χ1) is 25.4. The largest absolute Gasteiger partial charge is 0.444 e. The monoisotopic (exact) mass is 1000 g/mol. The van der Waals surface area contributed by atoms with Gasteiger partial charge in [-0.05, 0) is 166 Å². The van der Waals surface area contributed by atoms with Gasteiger partial charge >= 0.3 is 12.2 Å². The first-order valence-electron chi connectivity index (χ1n) is 18.5. The molecule has 2 amide bonds. The standard InChI is InChI=1S/C15H23IN4O2.C10H20N2O2.C5H4FIN2.2C4H10O/c1-14(2,3)22-13(21)19-15(4)5-6-20(9-15)12-8-10(16)7-11(17)18-12;1-9(2,3)14-8(13)12-10(4)5-6-11-7-10;6-4-1-3(7)2-5(8)9-4;2*1-3-5-4-2/h7-8H,5-6,9H2,1-4H3,(H2,17,18)(H,19,21);11H,5-7H2,1-4H3,(H,12,13);1-2H,(H2,8,9);2*3-4H2,1-2H3/t15-;10-;;;/m00.../s1. The van der Waals surface area contributed by atoms with Crippen molar-refractivity contribution in [1.82, 2.24) is 25.9 Å². The lowest BCUT2D eigenvalue weighted by Gasteiger charge is -2.28. The molecule has 316 valence electrons. The Bertz CT molecular complexity index is 1340. The number of amides is 2. The second-order valence-corrected chi connectivity index (χ2v) is 17.6. The highest BCUT2D eigenvalue weighted by molar-refractivity contribution is 14.1. The molecule has 0 aromatic carbocycles. The van der Waals surface area contributed by atoms with E-state index in [1.807, 2.05) is 118 Å². The second kappa shape index (κ2) is 25.7. The zero-order valence-electron chi connectivity index (χ0n) is 35.0. The van der Waals surface area contributed by atoms with E-state index in [-0.39, 0.29) is 29.1 Å². The smallest absolute Gasteiger partial charge is 0.408 e. The van der Waals surface area contributed by atoms with Gasteiger partial charge in [0.05, 0.1) is 11.1 Å². The molecule has 4 rings (SSSR count). The van der Waals surface area contributed by atoms with Crippen molar-refractivity contribution in [2.75, 3.05) is 69.0 Å². The number of alkyl carbamates (subject to hydrolysis) is 2. The number of hydrogen-bond acceptors (Lipinski definition) is 12. The van der Waals surface area contributed by atoms with Gasteiger partial charge in [-0.15, -0.1) is 0 Å². The quantitative estimate of drug-likeness (QED) is 0.136. The summed E-state index contributed by atoms with van der Waals surface area (Å²) in [6.45, 7) is 29.8. The first-order valence-corrected chi connectivity index (χ1v) is 20.7. The molecular formula is C38H67FI2N8O6. The van der Waals surface area contributed by atoms with Gasteiger partial charge in [-0.25, -0.2) is 19.6 Å². The summed E-state index contributed by atoms with van der Waals surface area (Å²) in [4.78, 5) is 33.3. The van der Waals surface area contributed by atoms with Gasteiger partial charge in [-0.3, -0.25) is 0 Å². The number of carbonyl (C=O) groups excluding carboxylic acids is 2. The molecule has 7 N–H and O–H groups in total. The Kier molecular flexibility index (Phi) is 24.5. The Morgan fingerprint density at radius 2 is 1.25 bits per heavy atom. The lowest BCUT2D eigenvalue weighted by Crippen LogP contribution is -2.49. The van der Waals surface area contributed by atoms with Crippen molar-refractivity contribution in [1.29, 1.82) is 0 Å². The van der Waals surface area contributed by atoms with Crippen molar-refractivity contribution in [3.8, 4) is 0 Å². The van der Waals surface area contributed by atoms with Crippen LogP contribution in [0.15, 0.2) is 24.3 Å². The minimum atomic E-state index is -0.528. The van der Waals surface area contributed by atoms with Gasteiger partial charge in [0.25, 0.3) is 0 Å². The number of halogens is 3. The molecular weight excluding hydrogens is 937 g/mol. The molecule has 2 aromatic rings. The molecule has 0 bridgehead atoms. The normalized spacial score (nSPS) is 18.8. The van der Waals surface area contributed by atoms with Gasteiger partial charge in [0, 0.05) is 59.3 Å². The maximum absolute atomic E-state index is 12.2. The van der Waals surface area contributed by atoms with E-state index in [9.17, 15) is 14.0 Å². The van der Waals surface area contributed by atoms with E-state index >= 15 is 0 Å². The van der Waals surface area contributed by atoms with E-state index < -0.39 is 17.1 Å². The van der Waals surface area contributed by atoms with Gasteiger partial charge < -0.3 is 51.3 Å². The number of nitrogens with one attached hydrogen (secondary N) is 3. The Morgan fingerprint density at radius 3 is 1.62 bits per heavy atom. The molecule has 0 aliphatic carbocycles. The molecule has 2 atom stereocenters. The first kappa shape index (κ1) is 52.5. The highest BCUT2D eigenvalue weighted by Crippen LogP contribution is 2.27. The van der Waals surface area contributed by atoms with Crippen molar-refractivity contribution < 1.29 is 32.9 Å². The summed E-state index contributed by atoms with van der Waals surface area (Å²) in [6, 6.07) is 6.75. The number of nitrogens with two attached hydrogens (primary N) is 2. The zero-order valence-corrected chi connectivity index (χ0v) is 39.3. The fourth-order valence-electron chi connectivity index (χ4n) is 4.84. The van der Waals surface area contributed by atoms with Crippen LogP contribution in [0.1, 0.15) is 95.9 Å². The summed E-state index contributed by atoms with van der Waals surface area (Å²) in [5.41, 5.74) is 9.61. The molecule has 55 heavy (non-hydrogen) atoms. The van der Waals surface area contributed by atoms with Gasteiger partial charge in [0.15, 0.2) is 0 Å². The number of pyridine rings is 2. The maximum Gasteiger partial charge on any atom is 0.408 e. The van der Waals surface area contributed by atoms with E-state index in [4.69, 9.17) is 30.4 Å². The zero-order chi connectivity index (χ0) is 42.5. The van der Waals surface area contributed by atoms with Crippen molar-refractivity contribution >= 4 is 74.8 Å². The number of ether oxygens (including phenoxy) is 4. The van der Waals surface area contributed by atoms with Crippen LogP contribution in [0.25, 0.3) is 0 Å². The van der Waals surface area contributed by atoms with Gasteiger partial charge in [-0.2, -0.15) is 4.39 Å². The topological polar surface area (TPSA) is 188 Å². The van der Waals surface area contributed by atoms with Crippen molar-refractivity contribution in [2.45, 2.75) is 118 Å². The number of nitrogen functional groups attached to an aromatic ring is 2. The van der Waals surface area contributed by atoms with E-state index in [1.165, 1.54) is 6.07 Å². The van der Waals surface area contributed by atoms with Gasteiger partial charge in [0.1, 0.15) is 28.7 Å². The lowest BCUT2D eigenvalue weighted by atomic mass is 10.0. The fourth-order valence-corrected chi connectivity index (χ4v) is 6.01. The number of aromatic nitrogens is 2. The minimum absolute atomic E-state index is 0.150. The SMILES string of the molecule is CC(C)(C)OC(=O)N[C@@]1(C)CCN(c2cc(I)cc(N)n2)C1.CC(C)(C)OC(=O)N[C@@]1(C)CCNC1.CCOCC.CCOCC.Nc1cc(I)cc(F)n1. The van der Waals surface area contributed by atoms with Crippen LogP contribution in [0.4, 0.5) is 31.4 Å². The number of anilines is 3. The summed E-state index contributed by atoms with van der Waals surface area (Å²) >= 11 is 4.20. The molecule has 17 heteroatoms. The third-order valence-electron chi connectivity index (χ3n) is 7.16. The number of carbonyl (C=O) groups is 2. The average Bonchev–Trinajstić information content (AvgIpc) is 3.61. The summed E-state index contributed by atoms with van der Waals surface area (Å²) < 4.78 is 34.2. The van der Waals surface area contributed by atoms with E-state index in [0.717, 1.165) is 71.9 Å².